The fourth-order valence-electron chi connectivity index (χ4n) is 1.89. The van der Waals surface area contributed by atoms with Gasteiger partial charge in [0.25, 0.3) is 0 Å². The molecule has 0 spiro atoms. The summed E-state index contributed by atoms with van der Waals surface area (Å²) in [7, 11) is 2.01. The van der Waals surface area contributed by atoms with Crippen LogP contribution in [0.5, 0.6) is 0 Å². The molecule has 0 aliphatic carbocycles. The number of nitrogens with zero attached hydrogens (tertiary/aromatic N) is 1. The highest BCUT2D eigenvalue weighted by atomic mass is 16.3. The van der Waals surface area contributed by atoms with E-state index in [2.05, 4.69) is 56.1 Å². The van der Waals surface area contributed by atoms with Crippen molar-refractivity contribution in [2.45, 2.75) is 39.8 Å². The zero-order chi connectivity index (χ0) is 13.8. The van der Waals surface area contributed by atoms with Crippen molar-refractivity contribution in [1.29, 1.82) is 0 Å². The third-order valence-corrected chi connectivity index (χ3v) is 2.93. The van der Waals surface area contributed by atoms with E-state index >= 15 is 0 Å². The monoisotopic (exact) mass is 250 g/mol. The largest absolute Gasteiger partial charge is 0.395 e. The molecule has 18 heavy (non-hydrogen) atoms. The average molecular weight is 250 g/mol. The Morgan fingerprint density at radius 3 is 2.44 bits per heavy atom. The summed E-state index contributed by atoms with van der Waals surface area (Å²) in [5, 5.41) is 12.5. The predicted molar refractivity (Wildman–Crippen MR) is 78.1 cm³/mol. The molecule has 0 radical (unpaired) electrons. The Hall–Kier alpha value is -1.06. The van der Waals surface area contributed by atoms with E-state index in [1.54, 1.807) is 0 Å². The number of hydrogen-bond donors (Lipinski definition) is 2. The summed E-state index contributed by atoms with van der Waals surface area (Å²) in [5.74, 6) is 0. The van der Waals surface area contributed by atoms with Gasteiger partial charge in [0.05, 0.1) is 6.61 Å². The maximum absolute atomic E-state index is 8.97. The van der Waals surface area contributed by atoms with Gasteiger partial charge in [-0.3, -0.25) is 0 Å². The van der Waals surface area contributed by atoms with Crippen LogP contribution in [0, 0.1) is 6.92 Å². The molecule has 3 heteroatoms. The second-order valence-electron chi connectivity index (χ2n) is 5.87. The fraction of sp³-hybridized carbons (Fsp3) is 0.600. The van der Waals surface area contributed by atoms with Crippen molar-refractivity contribution in [3.05, 3.63) is 29.3 Å². The molecule has 0 atom stereocenters. The standard InChI is InChI=1S/C15H26N2O/c1-12-10-13(11-16-15(2,3)4)6-7-14(12)17(5)8-9-18/h6-7,10,16,18H,8-9,11H2,1-5H3. The van der Waals surface area contributed by atoms with Crippen LogP contribution in [-0.2, 0) is 6.54 Å². The van der Waals surface area contributed by atoms with Crippen molar-refractivity contribution in [2.24, 2.45) is 0 Å². The number of hydrogen-bond acceptors (Lipinski definition) is 3. The number of rotatable bonds is 5. The fourth-order valence-corrected chi connectivity index (χ4v) is 1.89. The van der Waals surface area contributed by atoms with E-state index in [0.717, 1.165) is 6.54 Å². The van der Waals surface area contributed by atoms with Crippen LogP contribution in [0.1, 0.15) is 31.9 Å². The molecular weight excluding hydrogens is 224 g/mol. The van der Waals surface area contributed by atoms with E-state index in [1.807, 2.05) is 7.05 Å². The van der Waals surface area contributed by atoms with Gasteiger partial charge >= 0.3 is 0 Å². The summed E-state index contributed by atoms with van der Waals surface area (Å²) in [6, 6.07) is 6.49. The smallest absolute Gasteiger partial charge is 0.0606 e. The minimum absolute atomic E-state index is 0.139. The molecule has 0 aromatic heterocycles. The molecule has 102 valence electrons. The number of aliphatic hydroxyl groups is 1. The third-order valence-electron chi connectivity index (χ3n) is 2.93. The topological polar surface area (TPSA) is 35.5 Å². The number of aliphatic hydroxyl groups excluding tert-OH is 1. The van der Waals surface area contributed by atoms with Crippen molar-refractivity contribution in [3.63, 3.8) is 0 Å². The van der Waals surface area contributed by atoms with Gasteiger partial charge in [0.1, 0.15) is 0 Å². The van der Waals surface area contributed by atoms with Gasteiger partial charge in [-0.05, 0) is 44.9 Å². The quantitative estimate of drug-likeness (QED) is 0.842. The van der Waals surface area contributed by atoms with E-state index in [-0.39, 0.29) is 12.1 Å². The lowest BCUT2D eigenvalue weighted by Gasteiger charge is -2.23. The van der Waals surface area contributed by atoms with Crippen molar-refractivity contribution in [1.82, 2.24) is 5.32 Å². The normalized spacial score (nSPS) is 11.7. The highest BCUT2D eigenvalue weighted by Crippen LogP contribution is 2.20. The molecule has 0 unspecified atom stereocenters. The van der Waals surface area contributed by atoms with Gasteiger partial charge in [-0.2, -0.15) is 0 Å². The van der Waals surface area contributed by atoms with Crippen LogP contribution in [-0.4, -0.2) is 30.8 Å². The van der Waals surface area contributed by atoms with Crippen LogP contribution in [0.15, 0.2) is 18.2 Å². The lowest BCUT2D eigenvalue weighted by molar-refractivity contribution is 0.304. The number of nitrogens with one attached hydrogen (secondary N) is 1. The van der Waals surface area contributed by atoms with Gasteiger partial charge in [-0.15, -0.1) is 0 Å². The SMILES string of the molecule is Cc1cc(CNC(C)(C)C)ccc1N(C)CCO. The molecule has 0 aliphatic rings. The third kappa shape index (κ3) is 4.67. The molecule has 0 saturated carbocycles. The number of likely N-dealkylation sites (N-methyl/N-ethyl adjacent to an activating group) is 1. The van der Waals surface area contributed by atoms with Crippen LogP contribution in [0.3, 0.4) is 0 Å². The predicted octanol–water partition coefficient (Wildman–Crippen LogP) is 2.31. The molecule has 1 aromatic carbocycles. The summed E-state index contributed by atoms with van der Waals surface area (Å²) in [5.41, 5.74) is 3.87. The lowest BCUT2D eigenvalue weighted by Crippen LogP contribution is -2.35. The Bertz CT molecular complexity index is 383. The first-order valence-electron chi connectivity index (χ1n) is 6.50. The average Bonchev–Trinajstić information content (AvgIpc) is 2.25. The molecule has 0 amide bonds. The molecule has 0 bridgehead atoms. The van der Waals surface area contributed by atoms with Gasteiger partial charge in [0, 0.05) is 31.4 Å². The Morgan fingerprint density at radius 1 is 1.28 bits per heavy atom. The van der Waals surface area contributed by atoms with Crippen LogP contribution < -0.4 is 10.2 Å². The molecule has 3 nitrogen and oxygen atoms in total. The van der Waals surface area contributed by atoms with Crippen LogP contribution in [0.2, 0.25) is 0 Å². The van der Waals surface area contributed by atoms with Gasteiger partial charge in [-0.1, -0.05) is 12.1 Å². The molecule has 2 N–H and O–H groups in total. The molecule has 0 fully saturated rings. The summed E-state index contributed by atoms with van der Waals surface area (Å²) in [6.07, 6.45) is 0. The molecule has 1 aromatic rings. The van der Waals surface area contributed by atoms with E-state index < -0.39 is 0 Å². The Balaban J connectivity index is 2.73. The second-order valence-corrected chi connectivity index (χ2v) is 5.87. The maximum atomic E-state index is 8.97. The summed E-state index contributed by atoms with van der Waals surface area (Å²) in [6.45, 7) is 10.4. The first-order chi connectivity index (χ1) is 8.33. The first kappa shape index (κ1) is 15.0. The van der Waals surface area contributed by atoms with E-state index in [0.29, 0.717) is 6.54 Å². The van der Waals surface area contributed by atoms with E-state index in [9.17, 15) is 0 Å². The van der Waals surface area contributed by atoms with Gasteiger partial charge in [0.2, 0.25) is 0 Å². The van der Waals surface area contributed by atoms with Gasteiger partial charge in [-0.25, -0.2) is 0 Å². The van der Waals surface area contributed by atoms with Gasteiger partial charge < -0.3 is 15.3 Å². The van der Waals surface area contributed by atoms with Crippen molar-refractivity contribution >= 4 is 5.69 Å². The number of benzene rings is 1. The first-order valence-corrected chi connectivity index (χ1v) is 6.50. The summed E-state index contributed by atoms with van der Waals surface area (Å²) in [4.78, 5) is 2.08. The van der Waals surface area contributed by atoms with Gasteiger partial charge in [0.15, 0.2) is 0 Å². The van der Waals surface area contributed by atoms with Crippen molar-refractivity contribution < 1.29 is 5.11 Å². The Morgan fingerprint density at radius 2 is 1.94 bits per heavy atom. The molecular formula is C15H26N2O. The van der Waals surface area contributed by atoms with Crippen LogP contribution >= 0.6 is 0 Å². The minimum Gasteiger partial charge on any atom is -0.395 e. The van der Waals surface area contributed by atoms with Crippen LogP contribution in [0.25, 0.3) is 0 Å². The highest BCUT2D eigenvalue weighted by Gasteiger charge is 2.09. The lowest BCUT2D eigenvalue weighted by atomic mass is 10.1. The minimum atomic E-state index is 0.139. The highest BCUT2D eigenvalue weighted by molar-refractivity contribution is 5.53. The van der Waals surface area contributed by atoms with Crippen molar-refractivity contribution in [2.75, 3.05) is 25.1 Å². The Kier molecular flexibility index (Phi) is 5.17. The van der Waals surface area contributed by atoms with E-state index in [1.165, 1.54) is 16.8 Å². The Labute approximate surface area is 111 Å². The number of anilines is 1. The molecule has 0 saturated heterocycles. The zero-order valence-corrected chi connectivity index (χ0v) is 12.2. The molecule has 1 rings (SSSR count). The maximum Gasteiger partial charge on any atom is 0.0606 e. The second kappa shape index (κ2) is 6.21. The summed E-state index contributed by atoms with van der Waals surface area (Å²) >= 11 is 0. The van der Waals surface area contributed by atoms with E-state index in [4.69, 9.17) is 5.11 Å². The van der Waals surface area contributed by atoms with Crippen LogP contribution in [0.4, 0.5) is 5.69 Å². The molecule has 0 aliphatic heterocycles. The zero-order valence-electron chi connectivity index (χ0n) is 12.2. The summed E-state index contributed by atoms with van der Waals surface area (Å²) < 4.78 is 0. The number of aryl methyl sites for hydroxylation is 1. The molecule has 0 heterocycles. The van der Waals surface area contributed by atoms with Crippen molar-refractivity contribution in [3.8, 4) is 0 Å².